The van der Waals surface area contributed by atoms with Crippen molar-refractivity contribution in [3.05, 3.63) is 34.5 Å². The zero-order valence-corrected chi connectivity index (χ0v) is 7.73. The SMILES string of the molecule is N#Cc1c(F)cc(C#N)c2sccc12. The van der Waals surface area contributed by atoms with Gasteiger partial charge in [-0.2, -0.15) is 10.5 Å². The standard InChI is InChI=1S/C10H3FN2S/c11-9-3-6(4-12)10-7(1-2-14-10)8(9)5-13/h1-3H. The van der Waals surface area contributed by atoms with E-state index in [9.17, 15) is 4.39 Å². The lowest BCUT2D eigenvalue weighted by Gasteiger charge is -1.97. The van der Waals surface area contributed by atoms with Crippen LogP contribution in [0.1, 0.15) is 11.1 Å². The molecule has 0 fully saturated rings. The summed E-state index contributed by atoms with van der Waals surface area (Å²) in [4.78, 5) is 0. The molecule has 0 aliphatic rings. The summed E-state index contributed by atoms with van der Waals surface area (Å²) in [7, 11) is 0. The third kappa shape index (κ3) is 1.06. The van der Waals surface area contributed by atoms with E-state index >= 15 is 0 Å². The van der Waals surface area contributed by atoms with Gasteiger partial charge in [-0.15, -0.1) is 11.3 Å². The molecule has 0 bridgehead atoms. The van der Waals surface area contributed by atoms with Gasteiger partial charge in [0.05, 0.1) is 15.8 Å². The maximum Gasteiger partial charge on any atom is 0.142 e. The fraction of sp³-hybridized carbons (Fsp3) is 0. The van der Waals surface area contributed by atoms with E-state index in [-0.39, 0.29) is 11.1 Å². The van der Waals surface area contributed by atoms with Crippen LogP contribution in [0.5, 0.6) is 0 Å². The number of halogens is 1. The van der Waals surface area contributed by atoms with Crippen molar-refractivity contribution < 1.29 is 4.39 Å². The molecule has 2 aromatic rings. The van der Waals surface area contributed by atoms with Crippen LogP contribution in [-0.2, 0) is 0 Å². The molecule has 0 amide bonds. The van der Waals surface area contributed by atoms with Crippen molar-refractivity contribution in [3.63, 3.8) is 0 Å². The fourth-order valence-electron chi connectivity index (χ4n) is 1.30. The zero-order valence-electron chi connectivity index (χ0n) is 6.91. The van der Waals surface area contributed by atoms with Gasteiger partial charge in [-0.1, -0.05) is 0 Å². The highest BCUT2D eigenvalue weighted by Gasteiger charge is 2.12. The Bertz CT molecular complexity index is 586. The molecule has 0 N–H and O–H groups in total. The average molecular weight is 202 g/mol. The van der Waals surface area contributed by atoms with Crippen molar-refractivity contribution in [2.75, 3.05) is 0 Å². The van der Waals surface area contributed by atoms with Crippen molar-refractivity contribution >= 4 is 21.4 Å². The Morgan fingerprint density at radius 1 is 1.29 bits per heavy atom. The normalized spacial score (nSPS) is 9.64. The highest BCUT2D eigenvalue weighted by atomic mass is 32.1. The van der Waals surface area contributed by atoms with E-state index in [1.165, 1.54) is 11.3 Å². The summed E-state index contributed by atoms with van der Waals surface area (Å²) in [6.45, 7) is 0. The summed E-state index contributed by atoms with van der Waals surface area (Å²) in [5.74, 6) is -0.630. The minimum atomic E-state index is -0.630. The maximum atomic E-state index is 13.3. The monoisotopic (exact) mass is 202 g/mol. The van der Waals surface area contributed by atoms with Crippen LogP contribution in [0.4, 0.5) is 4.39 Å². The Morgan fingerprint density at radius 2 is 2.07 bits per heavy atom. The number of hydrogen-bond donors (Lipinski definition) is 0. The van der Waals surface area contributed by atoms with Crippen molar-refractivity contribution in [1.82, 2.24) is 0 Å². The Hall–Kier alpha value is -1.91. The second-order valence-electron chi connectivity index (χ2n) is 2.67. The molecule has 1 aromatic heterocycles. The summed E-state index contributed by atoms with van der Waals surface area (Å²) >= 11 is 1.34. The summed E-state index contributed by atoms with van der Waals surface area (Å²) in [5.41, 5.74) is 0.298. The topological polar surface area (TPSA) is 47.6 Å². The first kappa shape index (κ1) is 8.68. The van der Waals surface area contributed by atoms with Gasteiger partial charge in [0, 0.05) is 5.39 Å². The molecule has 1 aromatic carbocycles. The third-order valence-electron chi connectivity index (χ3n) is 1.92. The molecule has 4 heteroatoms. The molecule has 0 saturated heterocycles. The predicted molar refractivity (Wildman–Crippen MR) is 51.2 cm³/mol. The number of thiophene rings is 1. The zero-order chi connectivity index (χ0) is 10.1. The van der Waals surface area contributed by atoms with Gasteiger partial charge in [0.15, 0.2) is 0 Å². The molecule has 1 heterocycles. The van der Waals surface area contributed by atoms with Gasteiger partial charge in [0.2, 0.25) is 0 Å². The summed E-state index contributed by atoms with van der Waals surface area (Å²) in [6, 6.07) is 6.47. The van der Waals surface area contributed by atoms with Gasteiger partial charge in [0.1, 0.15) is 18.0 Å². The van der Waals surface area contributed by atoms with E-state index in [1.54, 1.807) is 17.5 Å². The molecular formula is C10H3FN2S. The smallest absolute Gasteiger partial charge is 0.142 e. The molecule has 0 aliphatic carbocycles. The molecule has 2 rings (SSSR count). The van der Waals surface area contributed by atoms with Gasteiger partial charge >= 0.3 is 0 Å². The Kier molecular flexibility index (Phi) is 1.92. The number of rotatable bonds is 0. The fourth-order valence-corrected chi connectivity index (χ4v) is 2.17. The minimum absolute atomic E-state index is 0.0141. The highest BCUT2D eigenvalue weighted by molar-refractivity contribution is 7.17. The summed E-state index contributed by atoms with van der Waals surface area (Å²) in [5, 5.41) is 19.7. The van der Waals surface area contributed by atoms with Crippen LogP contribution >= 0.6 is 11.3 Å². The second kappa shape index (κ2) is 3.10. The first-order valence-electron chi connectivity index (χ1n) is 3.78. The quantitative estimate of drug-likeness (QED) is 0.659. The van der Waals surface area contributed by atoms with Gasteiger partial charge in [0.25, 0.3) is 0 Å². The second-order valence-corrected chi connectivity index (χ2v) is 3.58. The Morgan fingerprint density at radius 3 is 2.71 bits per heavy atom. The van der Waals surface area contributed by atoms with E-state index < -0.39 is 5.82 Å². The van der Waals surface area contributed by atoms with Crippen LogP contribution in [-0.4, -0.2) is 0 Å². The van der Waals surface area contributed by atoms with Crippen LogP contribution < -0.4 is 0 Å². The largest absolute Gasteiger partial charge is 0.205 e. The van der Waals surface area contributed by atoms with Crippen LogP contribution in [0.2, 0.25) is 0 Å². The molecule has 0 radical (unpaired) electrons. The minimum Gasteiger partial charge on any atom is -0.205 e. The predicted octanol–water partition coefficient (Wildman–Crippen LogP) is 2.78. The molecule has 0 saturated carbocycles. The maximum absolute atomic E-state index is 13.3. The van der Waals surface area contributed by atoms with E-state index in [0.717, 1.165) is 6.07 Å². The van der Waals surface area contributed by atoms with Gasteiger partial charge in [-0.25, -0.2) is 4.39 Å². The summed E-state index contributed by atoms with van der Waals surface area (Å²) in [6.07, 6.45) is 0. The average Bonchev–Trinajstić information content (AvgIpc) is 2.65. The number of benzene rings is 1. The molecule has 2 nitrogen and oxygen atoms in total. The van der Waals surface area contributed by atoms with E-state index in [4.69, 9.17) is 10.5 Å². The molecule has 66 valence electrons. The molecular weight excluding hydrogens is 199 g/mol. The number of nitrogens with zero attached hydrogens (tertiary/aromatic N) is 2. The van der Waals surface area contributed by atoms with Crippen molar-refractivity contribution in [2.45, 2.75) is 0 Å². The van der Waals surface area contributed by atoms with E-state index in [1.807, 2.05) is 6.07 Å². The third-order valence-corrected chi connectivity index (χ3v) is 2.87. The van der Waals surface area contributed by atoms with Crippen LogP contribution in [0.15, 0.2) is 17.5 Å². The molecule has 0 spiro atoms. The lowest BCUT2D eigenvalue weighted by atomic mass is 10.1. The van der Waals surface area contributed by atoms with Crippen molar-refractivity contribution in [2.24, 2.45) is 0 Å². The van der Waals surface area contributed by atoms with E-state index in [2.05, 4.69) is 0 Å². The Balaban J connectivity index is 3.00. The van der Waals surface area contributed by atoms with Crippen molar-refractivity contribution in [1.29, 1.82) is 10.5 Å². The van der Waals surface area contributed by atoms with Gasteiger partial charge < -0.3 is 0 Å². The van der Waals surface area contributed by atoms with Crippen LogP contribution in [0.25, 0.3) is 10.1 Å². The van der Waals surface area contributed by atoms with Gasteiger partial charge in [-0.05, 0) is 17.5 Å². The first-order chi connectivity index (χ1) is 6.77. The molecule has 0 aliphatic heterocycles. The van der Waals surface area contributed by atoms with Crippen molar-refractivity contribution in [3.8, 4) is 12.1 Å². The molecule has 14 heavy (non-hydrogen) atoms. The summed E-state index contributed by atoms with van der Waals surface area (Å²) < 4.78 is 13.9. The first-order valence-corrected chi connectivity index (χ1v) is 4.66. The number of hydrogen-bond acceptors (Lipinski definition) is 3. The number of fused-ring (bicyclic) bond motifs is 1. The van der Waals surface area contributed by atoms with Crippen LogP contribution in [0.3, 0.4) is 0 Å². The van der Waals surface area contributed by atoms with Crippen LogP contribution in [0, 0.1) is 28.5 Å². The lowest BCUT2D eigenvalue weighted by Crippen LogP contribution is -1.87. The van der Waals surface area contributed by atoms with E-state index in [0.29, 0.717) is 10.1 Å². The Labute approximate surface area is 83.4 Å². The molecule has 0 unspecified atom stereocenters. The van der Waals surface area contributed by atoms with Gasteiger partial charge in [-0.3, -0.25) is 0 Å². The number of nitriles is 2. The highest BCUT2D eigenvalue weighted by Crippen LogP contribution is 2.29. The molecule has 0 atom stereocenters. The lowest BCUT2D eigenvalue weighted by molar-refractivity contribution is 0.626.